The predicted octanol–water partition coefficient (Wildman–Crippen LogP) is -0.0412. The van der Waals surface area contributed by atoms with Crippen molar-refractivity contribution < 1.29 is 19.5 Å². The van der Waals surface area contributed by atoms with E-state index >= 15 is 0 Å². The number of nitrogen functional groups attached to an aromatic ring is 1. The molecule has 2 heterocycles. The van der Waals surface area contributed by atoms with Crippen molar-refractivity contribution in [3.8, 4) is 0 Å². The van der Waals surface area contributed by atoms with Gasteiger partial charge < -0.3 is 26.4 Å². The van der Waals surface area contributed by atoms with Crippen molar-refractivity contribution in [3.05, 3.63) is 52.1 Å². The van der Waals surface area contributed by atoms with Crippen molar-refractivity contribution in [2.75, 3.05) is 25.1 Å². The van der Waals surface area contributed by atoms with Crippen LogP contribution in [-0.2, 0) is 16.1 Å². The van der Waals surface area contributed by atoms with Gasteiger partial charge in [-0.3, -0.25) is 19.4 Å². The maximum Gasteiger partial charge on any atom is 0.326 e. The van der Waals surface area contributed by atoms with E-state index in [9.17, 15) is 24.3 Å². The first-order chi connectivity index (χ1) is 16.1. The first-order valence-corrected chi connectivity index (χ1v) is 10.2. The Morgan fingerprint density at radius 2 is 1.88 bits per heavy atom. The number of rotatable bonds is 9. The summed E-state index contributed by atoms with van der Waals surface area (Å²) in [5.74, 6) is -2.05. The number of carboxylic acids is 1. The molecule has 0 saturated carbocycles. The minimum atomic E-state index is -1.22. The van der Waals surface area contributed by atoms with Gasteiger partial charge in [-0.15, -0.1) is 0 Å². The van der Waals surface area contributed by atoms with Crippen molar-refractivity contribution in [1.82, 2.24) is 30.2 Å². The number of amides is 2. The van der Waals surface area contributed by atoms with Crippen molar-refractivity contribution in [3.63, 3.8) is 0 Å². The molecule has 0 spiro atoms. The van der Waals surface area contributed by atoms with E-state index in [0.717, 1.165) is 0 Å². The van der Waals surface area contributed by atoms with E-state index in [4.69, 9.17) is 5.73 Å². The molecule has 3 aromatic rings. The number of nitrogens with zero attached hydrogens (tertiary/aromatic N) is 4. The largest absolute Gasteiger partial charge is 0.480 e. The summed E-state index contributed by atoms with van der Waals surface area (Å²) in [5.41, 5.74) is 6.63. The van der Waals surface area contributed by atoms with Gasteiger partial charge in [0.25, 0.3) is 11.5 Å². The molecule has 13 heteroatoms. The number of anilines is 2. The Hall–Kier alpha value is -4.55. The number of carboxylic acid groups (broad SMARTS) is 1. The number of aromatic amines is 1. The number of carbonyl (C=O) groups is 3. The SMILES string of the molecule is CN(C)C(=O)CC[C@H](NC(=O)c1ccc(NCc2cnc3nc(N)[nH]c(=O)c3n2)cc1)C(=O)O. The summed E-state index contributed by atoms with van der Waals surface area (Å²) in [6, 6.07) is 5.16. The second-order valence-electron chi connectivity index (χ2n) is 7.61. The van der Waals surface area contributed by atoms with Gasteiger partial charge >= 0.3 is 5.97 Å². The summed E-state index contributed by atoms with van der Waals surface area (Å²) in [5, 5.41) is 14.9. The molecular weight excluding hydrogens is 444 g/mol. The maximum absolute atomic E-state index is 12.5. The Morgan fingerprint density at radius 1 is 1.18 bits per heavy atom. The number of hydrogen-bond acceptors (Lipinski definition) is 9. The fraction of sp³-hybridized carbons (Fsp3) is 0.286. The van der Waals surface area contributed by atoms with Crippen molar-refractivity contribution in [2.24, 2.45) is 0 Å². The van der Waals surface area contributed by atoms with Crippen LogP contribution in [-0.4, -0.2) is 67.9 Å². The van der Waals surface area contributed by atoms with Crippen molar-refractivity contribution >= 4 is 40.6 Å². The third-order valence-corrected chi connectivity index (χ3v) is 4.86. The standard InChI is InChI=1S/C21H24N8O5/c1-29(2)15(30)8-7-14(20(33)34)26-18(31)11-3-5-12(6-4-11)23-9-13-10-24-17-16(25-13)19(32)28-21(22)27-17/h3-6,10,14,23H,7-9H2,1-2H3,(H,26,31)(H,33,34)(H3,22,24,27,28,32)/t14-/m0/s1. The van der Waals surface area contributed by atoms with E-state index in [2.05, 4.69) is 30.6 Å². The number of hydrogen-bond donors (Lipinski definition) is 5. The van der Waals surface area contributed by atoms with Gasteiger partial charge in [0.1, 0.15) is 6.04 Å². The summed E-state index contributed by atoms with van der Waals surface area (Å²) in [6.07, 6.45) is 1.45. The van der Waals surface area contributed by atoms with Crippen LogP contribution in [0.3, 0.4) is 0 Å². The van der Waals surface area contributed by atoms with Crippen molar-refractivity contribution in [1.29, 1.82) is 0 Å². The third kappa shape index (κ3) is 6.03. The van der Waals surface area contributed by atoms with Gasteiger partial charge in [-0.25, -0.2) is 14.8 Å². The molecule has 1 aromatic carbocycles. The zero-order valence-electron chi connectivity index (χ0n) is 18.5. The molecule has 178 valence electrons. The number of aliphatic carboxylic acids is 1. The normalized spacial score (nSPS) is 11.6. The molecule has 0 aliphatic heterocycles. The molecule has 0 fully saturated rings. The number of carbonyl (C=O) groups excluding carboxylic acids is 2. The fourth-order valence-electron chi connectivity index (χ4n) is 2.98. The molecule has 0 bridgehead atoms. The van der Waals surface area contributed by atoms with E-state index in [0.29, 0.717) is 11.4 Å². The molecule has 13 nitrogen and oxygen atoms in total. The molecule has 2 amide bonds. The Labute approximate surface area is 193 Å². The zero-order valence-corrected chi connectivity index (χ0v) is 18.5. The average molecular weight is 468 g/mol. The van der Waals surface area contributed by atoms with E-state index in [1.165, 1.54) is 23.2 Å². The maximum atomic E-state index is 12.5. The number of benzene rings is 1. The van der Waals surface area contributed by atoms with Crippen LogP contribution in [0.4, 0.5) is 11.6 Å². The van der Waals surface area contributed by atoms with E-state index in [1.807, 2.05) is 0 Å². The third-order valence-electron chi connectivity index (χ3n) is 4.86. The highest BCUT2D eigenvalue weighted by Crippen LogP contribution is 2.12. The van der Waals surface area contributed by atoms with Crippen LogP contribution >= 0.6 is 0 Å². The molecule has 0 unspecified atom stereocenters. The summed E-state index contributed by atoms with van der Waals surface area (Å²) >= 11 is 0. The number of fused-ring (bicyclic) bond motifs is 1. The van der Waals surface area contributed by atoms with Gasteiger partial charge in [0.15, 0.2) is 11.2 Å². The van der Waals surface area contributed by atoms with Gasteiger partial charge in [-0.1, -0.05) is 0 Å². The van der Waals surface area contributed by atoms with Gasteiger partial charge in [-0.05, 0) is 30.7 Å². The zero-order chi connectivity index (χ0) is 24.8. The Balaban J connectivity index is 1.60. The molecule has 0 aliphatic rings. The number of aromatic nitrogens is 4. The lowest BCUT2D eigenvalue weighted by atomic mass is 10.1. The highest BCUT2D eigenvalue weighted by molar-refractivity contribution is 5.97. The van der Waals surface area contributed by atoms with Gasteiger partial charge in [0, 0.05) is 31.8 Å². The lowest BCUT2D eigenvalue weighted by molar-refractivity contribution is -0.139. The van der Waals surface area contributed by atoms with Gasteiger partial charge in [0.05, 0.1) is 18.4 Å². The summed E-state index contributed by atoms with van der Waals surface area (Å²) in [4.78, 5) is 63.5. The Bertz CT molecular complexity index is 1270. The quantitative estimate of drug-likeness (QED) is 0.284. The van der Waals surface area contributed by atoms with Crippen LogP contribution in [0.25, 0.3) is 11.2 Å². The molecule has 0 saturated heterocycles. The molecule has 2 aromatic heterocycles. The number of nitrogens with one attached hydrogen (secondary N) is 3. The van der Waals surface area contributed by atoms with Crippen LogP contribution in [0.5, 0.6) is 0 Å². The predicted molar refractivity (Wildman–Crippen MR) is 123 cm³/mol. The van der Waals surface area contributed by atoms with Crippen molar-refractivity contribution in [2.45, 2.75) is 25.4 Å². The van der Waals surface area contributed by atoms with Gasteiger partial charge in [0.2, 0.25) is 11.9 Å². The van der Waals surface area contributed by atoms with Gasteiger partial charge in [-0.2, -0.15) is 4.98 Å². The summed E-state index contributed by atoms with van der Waals surface area (Å²) < 4.78 is 0. The van der Waals surface area contributed by atoms with Crippen LogP contribution in [0.1, 0.15) is 28.9 Å². The smallest absolute Gasteiger partial charge is 0.326 e. The monoisotopic (exact) mass is 468 g/mol. The van der Waals surface area contributed by atoms with Crippen LogP contribution < -0.4 is 21.9 Å². The lowest BCUT2D eigenvalue weighted by Crippen LogP contribution is -2.41. The van der Waals surface area contributed by atoms with Crippen LogP contribution in [0.15, 0.2) is 35.3 Å². The molecule has 6 N–H and O–H groups in total. The highest BCUT2D eigenvalue weighted by atomic mass is 16.4. The van der Waals surface area contributed by atoms with Crippen LogP contribution in [0, 0.1) is 0 Å². The minimum Gasteiger partial charge on any atom is -0.480 e. The highest BCUT2D eigenvalue weighted by Gasteiger charge is 2.22. The lowest BCUT2D eigenvalue weighted by Gasteiger charge is -2.16. The van der Waals surface area contributed by atoms with Crippen LogP contribution in [0.2, 0.25) is 0 Å². The van der Waals surface area contributed by atoms with E-state index in [-0.39, 0.29) is 48.0 Å². The fourth-order valence-corrected chi connectivity index (χ4v) is 2.98. The first kappa shape index (κ1) is 24.1. The molecule has 3 rings (SSSR count). The first-order valence-electron chi connectivity index (χ1n) is 10.2. The summed E-state index contributed by atoms with van der Waals surface area (Å²) in [7, 11) is 3.15. The Kier molecular flexibility index (Phi) is 7.36. The molecule has 34 heavy (non-hydrogen) atoms. The molecular formula is C21H24N8O5. The minimum absolute atomic E-state index is 0.0000843. The Morgan fingerprint density at radius 3 is 2.53 bits per heavy atom. The topological polar surface area (TPSA) is 196 Å². The summed E-state index contributed by atoms with van der Waals surface area (Å²) in [6.45, 7) is 0.249. The average Bonchev–Trinajstić information content (AvgIpc) is 2.80. The number of H-pyrrole nitrogens is 1. The van der Waals surface area contributed by atoms with E-state index in [1.54, 1.807) is 26.2 Å². The van der Waals surface area contributed by atoms with E-state index < -0.39 is 23.5 Å². The number of nitrogens with two attached hydrogens (primary N) is 1. The second kappa shape index (κ2) is 10.4. The molecule has 0 radical (unpaired) electrons. The second-order valence-corrected chi connectivity index (χ2v) is 7.61. The molecule has 1 atom stereocenters. The molecule has 0 aliphatic carbocycles.